The van der Waals surface area contributed by atoms with Crippen LogP contribution in [0.25, 0.3) is 0 Å². The molecule has 1 spiro atoms. The summed E-state index contributed by atoms with van der Waals surface area (Å²) in [6.45, 7) is 1.87. The lowest BCUT2D eigenvalue weighted by molar-refractivity contribution is -0.142. The van der Waals surface area contributed by atoms with E-state index in [2.05, 4.69) is 10.6 Å². The molecule has 2 aromatic rings. The van der Waals surface area contributed by atoms with E-state index in [0.29, 0.717) is 39.8 Å². The molecule has 3 aliphatic heterocycles. The Hall–Kier alpha value is -3.63. The van der Waals surface area contributed by atoms with E-state index in [1.807, 2.05) is 6.07 Å². The number of ether oxygens (including phenoxy) is 2. The van der Waals surface area contributed by atoms with Gasteiger partial charge < -0.3 is 20.5 Å². The van der Waals surface area contributed by atoms with Crippen molar-refractivity contribution in [1.29, 1.82) is 0 Å². The summed E-state index contributed by atoms with van der Waals surface area (Å²) >= 11 is 6.28. The summed E-state index contributed by atoms with van der Waals surface area (Å²) < 4.78 is 10.6. The summed E-state index contributed by atoms with van der Waals surface area (Å²) in [5.74, 6) is -2.84. The van der Waals surface area contributed by atoms with E-state index in [1.165, 1.54) is 19.1 Å². The largest absolute Gasteiger partial charge is 0.493 e. The highest BCUT2D eigenvalue weighted by Gasteiger charge is 2.70. The van der Waals surface area contributed by atoms with Crippen LogP contribution in [0.2, 0.25) is 5.02 Å². The molecule has 0 saturated carbocycles. The molecule has 4 unspecified atom stereocenters. The van der Waals surface area contributed by atoms with Gasteiger partial charge in [0.15, 0.2) is 11.5 Å². The zero-order chi connectivity index (χ0) is 26.6. The number of carbonyl (C=O) groups excluding carboxylic acids is 4. The number of carbonyl (C=O) groups is 4. The summed E-state index contributed by atoms with van der Waals surface area (Å²) in [5.41, 5.74) is 6.51. The fourth-order valence-electron chi connectivity index (χ4n) is 5.94. The summed E-state index contributed by atoms with van der Waals surface area (Å²) in [7, 11) is 3.07. The van der Waals surface area contributed by atoms with Gasteiger partial charge in [-0.05, 0) is 42.7 Å². The van der Waals surface area contributed by atoms with Crippen molar-refractivity contribution < 1.29 is 28.7 Å². The van der Waals surface area contributed by atoms with E-state index in [0.717, 1.165) is 5.56 Å². The van der Waals surface area contributed by atoms with Crippen molar-refractivity contribution in [2.75, 3.05) is 26.1 Å². The van der Waals surface area contributed by atoms with E-state index in [1.54, 1.807) is 31.2 Å². The first kappa shape index (κ1) is 25.0. The van der Waals surface area contributed by atoms with Crippen LogP contribution in [0.4, 0.5) is 5.69 Å². The van der Waals surface area contributed by atoms with Gasteiger partial charge in [-0.25, -0.2) is 0 Å². The van der Waals surface area contributed by atoms with Gasteiger partial charge in [0, 0.05) is 29.6 Å². The third-order valence-corrected chi connectivity index (χ3v) is 8.08. The Labute approximate surface area is 218 Å². The minimum absolute atomic E-state index is 0.105. The van der Waals surface area contributed by atoms with E-state index in [9.17, 15) is 19.2 Å². The number of fused-ring (bicyclic) bond motifs is 4. The van der Waals surface area contributed by atoms with Gasteiger partial charge in [-0.15, -0.1) is 0 Å². The van der Waals surface area contributed by atoms with Crippen molar-refractivity contribution in [1.82, 2.24) is 10.2 Å². The SMILES string of the molecule is COc1ccc(CCN2C(=O)C3C(CC(N)=O)NC4(C(=O)Nc5c4ccc(Cl)c5C)C3C2=O)cc1OC. The number of imide groups is 1. The smallest absolute Gasteiger partial charge is 0.250 e. The Bertz CT molecular complexity index is 1350. The first-order valence-electron chi connectivity index (χ1n) is 11.9. The van der Waals surface area contributed by atoms with E-state index in [4.69, 9.17) is 26.8 Å². The highest BCUT2D eigenvalue weighted by Crippen LogP contribution is 2.54. The average Bonchev–Trinajstić information content (AvgIpc) is 3.44. The van der Waals surface area contributed by atoms with Crippen LogP contribution in [0, 0.1) is 18.8 Å². The molecule has 0 radical (unpaired) electrons. The van der Waals surface area contributed by atoms with E-state index >= 15 is 0 Å². The average molecular weight is 527 g/mol. The third kappa shape index (κ3) is 3.66. The van der Waals surface area contributed by atoms with Crippen molar-refractivity contribution in [3.8, 4) is 11.5 Å². The number of likely N-dealkylation sites (tertiary alicyclic amines) is 1. The molecule has 2 aromatic carbocycles. The number of benzene rings is 2. The quantitative estimate of drug-likeness (QED) is 0.464. The number of anilines is 1. The van der Waals surface area contributed by atoms with Crippen LogP contribution in [0.5, 0.6) is 11.5 Å². The van der Waals surface area contributed by atoms with Gasteiger partial charge in [0.1, 0.15) is 5.54 Å². The summed E-state index contributed by atoms with van der Waals surface area (Å²) in [4.78, 5) is 54.1. The Morgan fingerprint density at radius 2 is 1.84 bits per heavy atom. The van der Waals surface area contributed by atoms with Gasteiger partial charge in [0.05, 0.1) is 31.7 Å². The number of nitrogens with one attached hydrogen (secondary N) is 2. The van der Waals surface area contributed by atoms with Gasteiger partial charge in [-0.3, -0.25) is 29.4 Å². The zero-order valence-corrected chi connectivity index (χ0v) is 21.3. The van der Waals surface area contributed by atoms with Crippen molar-refractivity contribution in [3.05, 3.63) is 52.0 Å². The molecule has 0 bridgehead atoms. The normalized spacial score (nSPS) is 25.9. The van der Waals surface area contributed by atoms with Gasteiger partial charge >= 0.3 is 0 Å². The third-order valence-electron chi connectivity index (χ3n) is 7.67. The second kappa shape index (κ2) is 9.04. The van der Waals surface area contributed by atoms with Crippen LogP contribution in [-0.2, 0) is 31.1 Å². The van der Waals surface area contributed by atoms with Crippen LogP contribution in [0.3, 0.4) is 0 Å². The molecule has 3 heterocycles. The van der Waals surface area contributed by atoms with E-state index in [-0.39, 0.29) is 13.0 Å². The second-order valence-corrected chi connectivity index (χ2v) is 9.96. The molecule has 4 amide bonds. The number of methoxy groups -OCH3 is 2. The molecule has 10 nitrogen and oxygen atoms in total. The van der Waals surface area contributed by atoms with Crippen molar-refractivity contribution in [3.63, 3.8) is 0 Å². The minimum atomic E-state index is -1.51. The predicted octanol–water partition coefficient (Wildman–Crippen LogP) is 1.50. The number of primary amides is 1. The maximum absolute atomic E-state index is 13.8. The number of nitrogens with zero attached hydrogens (tertiary/aromatic N) is 1. The number of amides is 4. The minimum Gasteiger partial charge on any atom is -0.493 e. The van der Waals surface area contributed by atoms with Crippen molar-refractivity contribution in [2.45, 2.75) is 31.3 Å². The fourth-order valence-corrected chi connectivity index (χ4v) is 6.10. The summed E-state index contributed by atoms with van der Waals surface area (Å²) in [6.07, 6.45) is 0.177. The molecule has 0 aliphatic carbocycles. The molecular formula is C26H27ClN4O6. The highest BCUT2D eigenvalue weighted by molar-refractivity contribution is 6.32. The molecule has 11 heteroatoms. The second-order valence-electron chi connectivity index (χ2n) is 9.55. The highest BCUT2D eigenvalue weighted by atomic mass is 35.5. The number of rotatable bonds is 7. The lowest BCUT2D eigenvalue weighted by atomic mass is 9.76. The maximum atomic E-state index is 13.8. The van der Waals surface area contributed by atoms with Gasteiger partial charge in [0.25, 0.3) is 0 Å². The standard InChI is InChI=1S/C26H27ClN4O6/c1-12-15(27)6-5-14-22(12)29-25(35)26(14)21-20(16(30-26)11-19(28)32)23(33)31(24(21)34)9-8-13-4-7-17(36-2)18(10-13)37-3/h4-7,10,16,20-21,30H,8-9,11H2,1-3H3,(H2,28,32)(H,29,35). The Kier molecular flexibility index (Phi) is 6.12. The lowest BCUT2D eigenvalue weighted by Gasteiger charge is -2.29. The molecule has 0 aromatic heterocycles. The first-order valence-corrected chi connectivity index (χ1v) is 12.2. The van der Waals surface area contributed by atoms with Crippen LogP contribution in [0.1, 0.15) is 23.1 Å². The van der Waals surface area contributed by atoms with Crippen LogP contribution in [0.15, 0.2) is 30.3 Å². The molecular weight excluding hydrogens is 500 g/mol. The van der Waals surface area contributed by atoms with Crippen LogP contribution in [-0.4, -0.2) is 55.3 Å². The lowest BCUT2D eigenvalue weighted by Crippen LogP contribution is -2.53. The fraction of sp³-hybridized carbons (Fsp3) is 0.385. The number of hydrogen-bond acceptors (Lipinski definition) is 7. The molecule has 2 fully saturated rings. The summed E-state index contributed by atoms with van der Waals surface area (Å²) in [5, 5.41) is 6.49. The molecule has 5 rings (SSSR count). The number of hydrogen-bond donors (Lipinski definition) is 3. The number of halogens is 1. The zero-order valence-electron chi connectivity index (χ0n) is 20.6. The molecule has 4 N–H and O–H groups in total. The topological polar surface area (TPSA) is 140 Å². The van der Waals surface area contributed by atoms with Crippen LogP contribution < -0.4 is 25.8 Å². The Balaban J connectivity index is 1.51. The van der Waals surface area contributed by atoms with Gasteiger partial charge in [-0.2, -0.15) is 0 Å². The Morgan fingerprint density at radius 1 is 1.11 bits per heavy atom. The van der Waals surface area contributed by atoms with E-state index < -0.39 is 47.0 Å². The molecule has 2 saturated heterocycles. The predicted molar refractivity (Wildman–Crippen MR) is 134 cm³/mol. The molecule has 37 heavy (non-hydrogen) atoms. The molecule has 3 aliphatic rings. The monoisotopic (exact) mass is 526 g/mol. The van der Waals surface area contributed by atoms with Crippen molar-refractivity contribution in [2.24, 2.45) is 17.6 Å². The molecule has 194 valence electrons. The molecule has 4 atom stereocenters. The van der Waals surface area contributed by atoms with Gasteiger partial charge in [0.2, 0.25) is 23.6 Å². The van der Waals surface area contributed by atoms with Crippen LogP contribution >= 0.6 is 11.6 Å². The Morgan fingerprint density at radius 3 is 2.51 bits per heavy atom. The first-order chi connectivity index (χ1) is 17.6. The summed E-state index contributed by atoms with van der Waals surface area (Å²) in [6, 6.07) is 7.94. The van der Waals surface area contributed by atoms with Crippen molar-refractivity contribution >= 4 is 40.9 Å². The van der Waals surface area contributed by atoms with Gasteiger partial charge in [-0.1, -0.05) is 23.7 Å². The maximum Gasteiger partial charge on any atom is 0.250 e. The number of nitrogens with two attached hydrogens (primary N) is 1.